The van der Waals surface area contributed by atoms with Crippen LogP contribution in [0.15, 0.2) is 59.3 Å². The Morgan fingerprint density at radius 1 is 0.824 bits per heavy atom. The molecule has 0 unspecified atom stereocenters. The molecule has 0 aliphatic carbocycles. The number of hydrogen-bond acceptors (Lipinski definition) is 2. The summed E-state index contributed by atoms with van der Waals surface area (Å²) in [5.41, 5.74) is 0.878. The van der Waals surface area contributed by atoms with Gasteiger partial charge in [-0.15, -0.1) is 0 Å². The van der Waals surface area contributed by atoms with Crippen LogP contribution in [-0.4, -0.2) is 10.3 Å². The van der Waals surface area contributed by atoms with Crippen molar-refractivity contribution in [3.8, 4) is 5.75 Å². The molecule has 0 amide bonds. The summed E-state index contributed by atoms with van der Waals surface area (Å²) in [4.78, 5) is 0. The standard InChI is InChI=1S/C14H11NO2/c16-14-9-17-15-13-8-4-3-6-11(13)10-5-1-2-7-12(10)14/h1-9,15-16H. The molecule has 0 spiro atoms. The number of aromatic hydroxyl groups is 1. The molecule has 0 atom stereocenters. The molecule has 84 valence electrons. The molecule has 2 aromatic carbocycles. The van der Waals surface area contributed by atoms with Crippen LogP contribution in [0.3, 0.4) is 0 Å². The van der Waals surface area contributed by atoms with Crippen LogP contribution >= 0.6 is 0 Å². The molecule has 0 saturated heterocycles. The third-order valence-corrected chi connectivity index (χ3v) is 2.76. The summed E-state index contributed by atoms with van der Waals surface area (Å²) in [5.74, 6) is 0.114. The first-order chi connectivity index (χ1) is 8.36. The smallest absolute Gasteiger partial charge is 0.161 e. The zero-order chi connectivity index (χ0) is 11.7. The van der Waals surface area contributed by atoms with E-state index in [1.807, 2.05) is 48.5 Å². The van der Waals surface area contributed by atoms with Crippen molar-refractivity contribution in [1.29, 1.82) is 0 Å². The van der Waals surface area contributed by atoms with Crippen molar-refractivity contribution in [3.05, 3.63) is 54.8 Å². The van der Waals surface area contributed by atoms with Gasteiger partial charge < -0.3 is 9.63 Å². The Bertz CT molecular complexity index is 723. The van der Waals surface area contributed by atoms with Gasteiger partial charge in [0, 0.05) is 10.8 Å². The number of rotatable bonds is 0. The van der Waals surface area contributed by atoms with Crippen molar-refractivity contribution in [2.45, 2.75) is 0 Å². The van der Waals surface area contributed by atoms with Crippen LogP contribution in [0.5, 0.6) is 5.75 Å². The Morgan fingerprint density at radius 2 is 1.47 bits per heavy atom. The third-order valence-electron chi connectivity index (χ3n) is 2.76. The number of hydrogen-bond donors (Lipinski definition) is 2. The Labute approximate surface area is 97.6 Å². The van der Waals surface area contributed by atoms with Gasteiger partial charge in [-0.05, 0) is 11.5 Å². The fourth-order valence-electron chi connectivity index (χ4n) is 1.96. The van der Waals surface area contributed by atoms with Gasteiger partial charge in [-0.25, -0.2) is 5.16 Å². The molecule has 3 heteroatoms. The number of benzene rings is 2. The lowest BCUT2D eigenvalue weighted by molar-refractivity contribution is 0.383. The summed E-state index contributed by atoms with van der Waals surface area (Å²) < 4.78 is 5.11. The van der Waals surface area contributed by atoms with E-state index in [4.69, 9.17) is 4.52 Å². The second-order valence-corrected chi connectivity index (χ2v) is 3.81. The van der Waals surface area contributed by atoms with E-state index in [0.29, 0.717) is 0 Å². The third kappa shape index (κ3) is 1.61. The summed E-state index contributed by atoms with van der Waals surface area (Å²) in [7, 11) is 0. The molecule has 0 radical (unpaired) electrons. The second kappa shape index (κ2) is 3.87. The van der Waals surface area contributed by atoms with Crippen LogP contribution in [0.25, 0.3) is 21.7 Å². The van der Waals surface area contributed by atoms with E-state index in [-0.39, 0.29) is 5.75 Å². The Hall–Kier alpha value is -2.42. The fraction of sp³-hybridized carbons (Fsp3) is 0. The highest BCUT2D eigenvalue weighted by Gasteiger charge is 2.00. The number of para-hydroxylation sites is 1. The maximum atomic E-state index is 9.89. The van der Waals surface area contributed by atoms with Crippen LogP contribution < -0.4 is 0 Å². The maximum absolute atomic E-state index is 9.89. The van der Waals surface area contributed by atoms with Crippen LogP contribution in [0, 0.1) is 0 Å². The summed E-state index contributed by atoms with van der Waals surface area (Å²) in [6.45, 7) is 0. The molecule has 1 heterocycles. The van der Waals surface area contributed by atoms with Crippen molar-refractivity contribution in [2.75, 3.05) is 0 Å². The van der Waals surface area contributed by atoms with E-state index in [1.54, 1.807) is 0 Å². The van der Waals surface area contributed by atoms with Crippen LogP contribution in [-0.2, 0) is 0 Å². The number of nitrogens with one attached hydrogen (secondary N) is 1. The van der Waals surface area contributed by atoms with Crippen LogP contribution in [0.4, 0.5) is 0 Å². The van der Waals surface area contributed by atoms with Gasteiger partial charge in [-0.3, -0.25) is 0 Å². The van der Waals surface area contributed by atoms with Crippen molar-refractivity contribution in [2.24, 2.45) is 0 Å². The molecule has 0 aliphatic rings. The van der Waals surface area contributed by atoms with Gasteiger partial charge in [-0.1, -0.05) is 42.5 Å². The first-order valence-corrected chi connectivity index (χ1v) is 5.36. The van der Waals surface area contributed by atoms with Gasteiger partial charge in [0.25, 0.3) is 0 Å². The lowest BCUT2D eigenvalue weighted by Gasteiger charge is -2.01. The van der Waals surface area contributed by atoms with Gasteiger partial charge in [0.2, 0.25) is 0 Å². The highest BCUT2D eigenvalue weighted by Crippen LogP contribution is 2.26. The summed E-state index contributed by atoms with van der Waals surface area (Å²) in [6.07, 6.45) is 1.30. The molecule has 3 nitrogen and oxygen atoms in total. The zero-order valence-electron chi connectivity index (χ0n) is 9.05. The number of aromatic amines is 1. The average Bonchev–Trinajstić information content (AvgIpc) is 2.37. The SMILES string of the molecule is Oc1co[nH]c2ccccc2c2ccccc12. The van der Waals surface area contributed by atoms with Gasteiger partial charge in [0.15, 0.2) is 12.0 Å². The molecular weight excluding hydrogens is 214 g/mol. The number of aromatic nitrogens is 1. The second-order valence-electron chi connectivity index (χ2n) is 3.81. The van der Waals surface area contributed by atoms with E-state index in [2.05, 4.69) is 5.16 Å². The first kappa shape index (κ1) is 9.78. The molecule has 3 rings (SSSR count). The minimum atomic E-state index is 0.114. The predicted molar refractivity (Wildman–Crippen MR) is 67.4 cm³/mol. The first-order valence-electron chi connectivity index (χ1n) is 5.36. The van der Waals surface area contributed by atoms with Gasteiger partial charge in [0.05, 0.1) is 5.52 Å². The largest absolute Gasteiger partial charge is 0.504 e. The summed E-state index contributed by atoms with van der Waals surface area (Å²) in [6, 6.07) is 15.5. The molecule has 0 aliphatic heterocycles. The molecule has 17 heavy (non-hydrogen) atoms. The quantitative estimate of drug-likeness (QED) is 0.612. The highest BCUT2D eigenvalue weighted by atomic mass is 16.5. The van der Waals surface area contributed by atoms with E-state index in [9.17, 15) is 5.11 Å². The molecule has 0 saturated carbocycles. The van der Waals surface area contributed by atoms with Crippen LogP contribution in [0.2, 0.25) is 0 Å². The van der Waals surface area contributed by atoms with Crippen molar-refractivity contribution in [3.63, 3.8) is 0 Å². The van der Waals surface area contributed by atoms with Crippen molar-refractivity contribution < 1.29 is 9.63 Å². The van der Waals surface area contributed by atoms with E-state index in [0.717, 1.165) is 21.7 Å². The molecule has 3 aromatic rings. The predicted octanol–water partition coefficient (Wildman–Crippen LogP) is 3.74. The molecular formula is C14H11NO2. The molecule has 2 N–H and O–H groups in total. The average molecular weight is 225 g/mol. The molecule has 1 aromatic heterocycles. The Morgan fingerprint density at radius 3 is 2.29 bits per heavy atom. The van der Waals surface area contributed by atoms with Gasteiger partial charge >= 0.3 is 0 Å². The minimum Gasteiger partial charge on any atom is -0.504 e. The summed E-state index contributed by atoms with van der Waals surface area (Å²) >= 11 is 0. The van der Waals surface area contributed by atoms with E-state index in [1.165, 1.54) is 6.26 Å². The monoisotopic (exact) mass is 225 g/mol. The normalized spacial score (nSPS) is 10.6. The lowest BCUT2D eigenvalue weighted by Crippen LogP contribution is -1.78. The topological polar surface area (TPSA) is 49.2 Å². The number of H-pyrrole nitrogens is 1. The van der Waals surface area contributed by atoms with Gasteiger partial charge in [-0.2, -0.15) is 0 Å². The fourth-order valence-corrected chi connectivity index (χ4v) is 1.96. The van der Waals surface area contributed by atoms with Crippen molar-refractivity contribution >= 4 is 21.7 Å². The van der Waals surface area contributed by atoms with Crippen LogP contribution in [0.1, 0.15) is 0 Å². The van der Waals surface area contributed by atoms with E-state index >= 15 is 0 Å². The number of fused-ring (bicyclic) bond motifs is 3. The highest BCUT2D eigenvalue weighted by molar-refractivity contribution is 6.05. The molecule has 0 fully saturated rings. The maximum Gasteiger partial charge on any atom is 0.161 e. The Balaban J connectivity index is 2.66. The van der Waals surface area contributed by atoms with E-state index < -0.39 is 0 Å². The Kier molecular flexibility index (Phi) is 2.22. The molecule has 0 bridgehead atoms. The lowest BCUT2D eigenvalue weighted by atomic mass is 10.1. The van der Waals surface area contributed by atoms with Crippen molar-refractivity contribution in [1.82, 2.24) is 5.16 Å². The van der Waals surface area contributed by atoms with Gasteiger partial charge in [0.1, 0.15) is 0 Å². The minimum absolute atomic E-state index is 0.114. The zero-order valence-corrected chi connectivity index (χ0v) is 9.05. The summed E-state index contributed by atoms with van der Waals surface area (Å²) in [5, 5.41) is 15.4.